The summed E-state index contributed by atoms with van der Waals surface area (Å²) in [5.74, 6) is 0.576. The number of aromatic hydroxyl groups is 1. The fourth-order valence-corrected chi connectivity index (χ4v) is 4.88. The highest BCUT2D eigenvalue weighted by molar-refractivity contribution is 6.30. The molecular weight excluding hydrogens is 416 g/mol. The number of rotatable bonds is 4. The molecule has 31 heavy (non-hydrogen) atoms. The van der Waals surface area contributed by atoms with E-state index >= 15 is 0 Å². The molecule has 1 saturated carbocycles. The van der Waals surface area contributed by atoms with Crippen molar-refractivity contribution in [3.63, 3.8) is 0 Å². The van der Waals surface area contributed by atoms with E-state index in [4.69, 9.17) is 11.6 Å². The van der Waals surface area contributed by atoms with Crippen LogP contribution in [0.15, 0.2) is 30.6 Å². The maximum Gasteiger partial charge on any atom is 0.175 e. The molecule has 1 aliphatic heterocycles. The fourth-order valence-electron chi connectivity index (χ4n) is 4.73. The standard InChI is InChI=1S/C22H25ClN6O2/c1-22(31)9-15(10-22)29-7-3-4-14(12-29)26-21-19-16(5-2-6-24-19)18(27-28-21)20-17(30)8-13(23)11-25-20/h2,5-6,8,11,14-15,30-31H,3-4,7,9-10,12H2,1H3,(H,26,28). The minimum absolute atomic E-state index is 0.0491. The molecule has 8 nitrogen and oxygen atoms in total. The topological polar surface area (TPSA) is 107 Å². The van der Waals surface area contributed by atoms with Crippen LogP contribution in [0.25, 0.3) is 22.3 Å². The third kappa shape index (κ3) is 4.03. The predicted molar refractivity (Wildman–Crippen MR) is 119 cm³/mol. The van der Waals surface area contributed by atoms with Crippen molar-refractivity contribution in [2.45, 2.75) is 50.3 Å². The number of aliphatic hydroxyl groups is 1. The largest absolute Gasteiger partial charge is 0.506 e. The van der Waals surface area contributed by atoms with Crippen molar-refractivity contribution in [2.75, 3.05) is 18.4 Å². The highest BCUT2D eigenvalue weighted by atomic mass is 35.5. The van der Waals surface area contributed by atoms with Gasteiger partial charge >= 0.3 is 0 Å². The molecule has 1 aliphatic carbocycles. The van der Waals surface area contributed by atoms with Gasteiger partial charge in [-0.3, -0.25) is 9.88 Å². The van der Waals surface area contributed by atoms with Gasteiger partial charge in [-0.2, -0.15) is 0 Å². The molecule has 2 fully saturated rings. The smallest absolute Gasteiger partial charge is 0.175 e. The van der Waals surface area contributed by atoms with Crippen molar-refractivity contribution in [2.24, 2.45) is 0 Å². The van der Waals surface area contributed by atoms with Gasteiger partial charge in [-0.25, -0.2) is 4.98 Å². The molecule has 162 valence electrons. The lowest BCUT2D eigenvalue weighted by atomic mass is 9.76. The van der Waals surface area contributed by atoms with E-state index in [0.29, 0.717) is 33.8 Å². The van der Waals surface area contributed by atoms with Crippen LogP contribution in [0.3, 0.4) is 0 Å². The molecule has 0 aromatic carbocycles. The number of hydrogen-bond acceptors (Lipinski definition) is 8. The molecule has 3 aromatic heterocycles. The first kappa shape index (κ1) is 20.4. The minimum Gasteiger partial charge on any atom is -0.506 e. The molecule has 0 bridgehead atoms. The average Bonchev–Trinajstić information content (AvgIpc) is 2.73. The number of aromatic nitrogens is 4. The Morgan fingerprint density at radius 3 is 2.84 bits per heavy atom. The Hall–Kier alpha value is -2.55. The van der Waals surface area contributed by atoms with E-state index in [1.54, 1.807) is 6.20 Å². The summed E-state index contributed by atoms with van der Waals surface area (Å²) in [7, 11) is 0. The van der Waals surface area contributed by atoms with Gasteiger partial charge in [-0.15, -0.1) is 10.2 Å². The van der Waals surface area contributed by atoms with Gasteiger partial charge in [-0.1, -0.05) is 11.6 Å². The van der Waals surface area contributed by atoms with Crippen LogP contribution < -0.4 is 5.32 Å². The monoisotopic (exact) mass is 440 g/mol. The van der Waals surface area contributed by atoms with Gasteiger partial charge in [0.15, 0.2) is 5.82 Å². The van der Waals surface area contributed by atoms with E-state index in [0.717, 1.165) is 44.2 Å². The van der Waals surface area contributed by atoms with Crippen molar-refractivity contribution in [3.8, 4) is 17.1 Å². The minimum atomic E-state index is -0.520. The van der Waals surface area contributed by atoms with Crippen molar-refractivity contribution >= 4 is 28.3 Å². The Balaban J connectivity index is 1.41. The van der Waals surface area contributed by atoms with Gasteiger partial charge in [0, 0.05) is 42.5 Å². The first-order valence-corrected chi connectivity index (χ1v) is 11.0. The predicted octanol–water partition coefficient (Wildman–Crippen LogP) is 3.24. The van der Waals surface area contributed by atoms with Gasteiger partial charge in [-0.05, 0) is 51.3 Å². The Labute approximate surface area is 185 Å². The number of likely N-dealkylation sites (tertiary alicyclic amines) is 1. The molecule has 3 aromatic rings. The van der Waals surface area contributed by atoms with E-state index in [1.165, 1.54) is 12.3 Å². The van der Waals surface area contributed by atoms with Gasteiger partial charge < -0.3 is 15.5 Å². The second kappa shape index (κ2) is 7.85. The highest BCUT2D eigenvalue weighted by Gasteiger charge is 2.42. The first-order chi connectivity index (χ1) is 14.9. The van der Waals surface area contributed by atoms with Crippen LogP contribution in [0.2, 0.25) is 5.02 Å². The van der Waals surface area contributed by atoms with Crippen LogP contribution in [0, 0.1) is 0 Å². The normalized spacial score (nSPS) is 26.5. The number of pyridine rings is 2. The summed E-state index contributed by atoms with van der Waals surface area (Å²) in [6.45, 7) is 3.87. The van der Waals surface area contributed by atoms with Crippen LogP contribution in [0.4, 0.5) is 5.82 Å². The van der Waals surface area contributed by atoms with E-state index in [1.807, 2.05) is 19.1 Å². The van der Waals surface area contributed by atoms with Crippen LogP contribution in [0.1, 0.15) is 32.6 Å². The quantitative estimate of drug-likeness (QED) is 0.567. The Bertz CT molecular complexity index is 1120. The van der Waals surface area contributed by atoms with Crippen molar-refractivity contribution in [3.05, 3.63) is 35.6 Å². The molecule has 1 atom stereocenters. The highest BCUT2D eigenvalue weighted by Crippen LogP contribution is 2.37. The lowest BCUT2D eigenvalue weighted by molar-refractivity contribution is -0.0823. The number of anilines is 1. The van der Waals surface area contributed by atoms with Crippen molar-refractivity contribution in [1.82, 2.24) is 25.1 Å². The zero-order chi connectivity index (χ0) is 21.6. The van der Waals surface area contributed by atoms with E-state index < -0.39 is 5.60 Å². The number of nitrogens with one attached hydrogen (secondary N) is 1. The van der Waals surface area contributed by atoms with E-state index in [-0.39, 0.29) is 11.8 Å². The fraction of sp³-hybridized carbons (Fsp3) is 0.455. The average molecular weight is 441 g/mol. The summed E-state index contributed by atoms with van der Waals surface area (Å²) >= 11 is 5.92. The zero-order valence-electron chi connectivity index (χ0n) is 17.3. The lowest BCUT2D eigenvalue weighted by Crippen LogP contribution is -2.57. The van der Waals surface area contributed by atoms with Crippen LogP contribution in [0.5, 0.6) is 5.75 Å². The molecule has 4 heterocycles. The number of hydrogen-bond donors (Lipinski definition) is 3. The molecule has 0 radical (unpaired) electrons. The van der Waals surface area contributed by atoms with Crippen molar-refractivity contribution in [1.29, 1.82) is 0 Å². The molecule has 3 N–H and O–H groups in total. The van der Waals surface area contributed by atoms with E-state index in [9.17, 15) is 10.2 Å². The molecule has 2 aliphatic rings. The maximum absolute atomic E-state index is 10.3. The van der Waals surface area contributed by atoms with Gasteiger partial charge in [0.25, 0.3) is 0 Å². The molecular formula is C22H25ClN6O2. The number of piperidine rings is 1. The third-order valence-corrected chi connectivity index (χ3v) is 6.46. The molecule has 0 amide bonds. The zero-order valence-corrected chi connectivity index (χ0v) is 18.0. The Morgan fingerprint density at radius 1 is 1.23 bits per heavy atom. The number of halogens is 1. The maximum atomic E-state index is 10.3. The van der Waals surface area contributed by atoms with Gasteiger partial charge in [0.05, 0.1) is 10.6 Å². The second-order valence-corrected chi connectivity index (χ2v) is 9.29. The first-order valence-electron chi connectivity index (χ1n) is 10.6. The summed E-state index contributed by atoms with van der Waals surface area (Å²) in [4.78, 5) is 11.2. The second-order valence-electron chi connectivity index (χ2n) is 8.86. The Morgan fingerprint density at radius 2 is 2.06 bits per heavy atom. The summed E-state index contributed by atoms with van der Waals surface area (Å²) in [5.41, 5.74) is 0.952. The number of fused-ring (bicyclic) bond motifs is 1. The van der Waals surface area contributed by atoms with Crippen molar-refractivity contribution < 1.29 is 10.2 Å². The molecule has 1 saturated heterocycles. The molecule has 1 unspecified atom stereocenters. The number of nitrogens with zero attached hydrogens (tertiary/aromatic N) is 5. The third-order valence-electron chi connectivity index (χ3n) is 6.26. The lowest BCUT2D eigenvalue weighted by Gasteiger charge is -2.49. The van der Waals surface area contributed by atoms with Crippen LogP contribution >= 0.6 is 11.6 Å². The SMILES string of the molecule is CC1(O)CC(N2CCCC(Nc3nnc(-c4ncc(Cl)cc4O)c4cccnc34)C2)C1. The molecule has 5 rings (SSSR count). The van der Waals surface area contributed by atoms with Crippen LogP contribution in [-0.4, -0.2) is 66.1 Å². The molecule has 9 heteroatoms. The summed E-state index contributed by atoms with van der Waals surface area (Å²) in [6, 6.07) is 5.84. The van der Waals surface area contributed by atoms with Crippen LogP contribution in [-0.2, 0) is 0 Å². The van der Waals surface area contributed by atoms with Gasteiger partial charge in [0.1, 0.15) is 22.7 Å². The summed E-state index contributed by atoms with van der Waals surface area (Å²) in [6.07, 6.45) is 6.98. The summed E-state index contributed by atoms with van der Waals surface area (Å²) in [5, 5.41) is 33.8. The molecule has 0 spiro atoms. The Kier molecular flexibility index (Phi) is 5.16. The summed E-state index contributed by atoms with van der Waals surface area (Å²) < 4.78 is 0. The van der Waals surface area contributed by atoms with Gasteiger partial charge in [0.2, 0.25) is 0 Å². The van der Waals surface area contributed by atoms with E-state index in [2.05, 4.69) is 30.4 Å².